The highest BCUT2D eigenvalue weighted by Gasteiger charge is 2.28. The average molecular weight is 267 g/mol. The summed E-state index contributed by atoms with van der Waals surface area (Å²) in [7, 11) is 0. The van der Waals surface area contributed by atoms with Gasteiger partial charge in [0.05, 0.1) is 17.6 Å². The Hall–Kier alpha value is -2.69. The molecular formula is C15H13N3O2. The zero-order valence-electron chi connectivity index (χ0n) is 10.7. The first-order chi connectivity index (χ1) is 9.83. The summed E-state index contributed by atoms with van der Waals surface area (Å²) in [4.78, 5) is 21.2. The van der Waals surface area contributed by atoms with Crippen LogP contribution < -0.4 is 5.32 Å². The van der Waals surface area contributed by atoms with Gasteiger partial charge in [-0.05, 0) is 17.7 Å². The molecule has 0 saturated heterocycles. The first-order valence-corrected chi connectivity index (χ1v) is 6.32. The van der Waals surface area contributed by atoms with Crippen molar-refractivity contribution in [1.82, 2.24) is 4.98 Å². The quantitative estimate of drug-likeness (QED) is 0.927. The summed E-state index contributed by atoms with van der Waals surface area (Å²) in [5.74, 6) is -0.215. The smallest absolute Gasteiger partial charge is 0.268 e. The molecule has 5 heteroatoms. The van der Waals surface area contributed by atoms with Crippen LogP contribution >= 0.6 is 0 Å². The zero-order chi connectivity index (χ0) is 13.8. The van der Waals surface area contributed by atoms with E-state index in [-0.39, 0.29) is 5.91 Å². The standard InChI is InChI=1S/C15H13N3O2/c19-15(17-12-7-4-8-16-10-12)14-9-13(18-20-14)11-5-2-1-3-6-11/h1-8,10,14H,9H2,(H,17,19). The third-order valence-corrected chi connectivity index (χ3v) is 3.00. The summed E-state index contributed by atoms with van der Waals surface area (Å²) in [6.07, 6.45) is 3.12. The predicted molar refractivity (Wildman–Crippen MR) is 75.3 cm³/mol. The SMILES string of the molecule is O=C(Nc1cccnc1)C1CC(c2ccccc2)=NO1. The lowest BCUT2D eigenvalue weighted by molar-refractivity contribution is -0.125. The van der Waals surface area contributed by atoms with E-state index in [0.717, 1.165) is 11.3 Å². The van der Waals surface area contributed by atoms with Crippen molar-refractivity contribution in [1.29, 1.82) is 0 Å². The number of aromatic nitrogens is 1. The number of hydrogen-bond acceptors (Lipinski definition) is 4. The van der Waals surface area contributed by atoms with Crippen LogP contribution in [-0.4, -0.2) is 22.7 Å². The monoisotopic (exact) mass is 267 g/mol. The molecule has 0 radical (unpaired) electrons. The summed E-state index contributed by atoms with van der Waals surface area (Å²) < 4.78 is 0. The van der Waals surface area contributed by atoms with Crippen molar-refractivity contribution in [3.05, 3.63) is 60.4 Å². The average Bonchev–Trinajstić information content (AvgIpc) is 2.99. The van der Waals surface area contributed by atoms with Gasteiger partial charge in [-0.1, -0.05) is 35.5 Å². The number of benzene rings is 1. The van der Waals surface area contributed by atoms with E-state index in [1.54, 1.807) is 24.5 Å². The lowest BCUT2D eigenvalue weighted by atomic mass is 10.0. The molecule has 2 heterocycles. The van der Waals surface area contributed by atoms with Gasteiger partial charge in [0.25, 0.3) is 5.91 Å². The number of nitrogens with zero attached hydrogens (tertiary/aromatic N) is 2. The molecular weight excluding hydrogens is 254 g/mol. The van der Waals surface area contributed by atoms with Crippen LogP contribution in [-0.2, 0) is 9.63 Å². The fraction of sp³-hybridized carbons (Fsp3) is 0.133. The van der Waals surface area contributed by atoms with Gasteiger partial charge < -0.3 is 10.2 Å². The van der Waals surface area contributed by atoms with Gasteiger partial charge in [-0.2, -0.15) is 0 Å². The maximum absolute atomic E-state index is 12.1. The van der Waals surface area contributed by atoms with Gasteiger partial charge in [0.15, 0.2) is 0 Å². The lowest BCUT2D eigenvalue weighted by Crippen LogP contribution is -2.28. The summed E-state index contributed by atoms with van der Waals surface area (Å²) >= 11 is 0. The number of anilines is 1. The van der Waals surface area contributed by atoms with Crippen molar-refractivity contribution in [2.24, 2.45) is 5.16 Å². The number of carbonyl (C=O) groups is 1. The first kappa shape index (κ1) is 12.3. The molecule has 2 aromatic rings. The fourth-order valence-electron chi connectivity index (χ4n) is 1.98. The Kier molecular flexibility index (Phi) is 3.41. The van der Waals surface area contributed by atoms with Crippen molar-refractivity contribution in [2.75, 3.05) is 5.32 Å². The van der Waals surface area contributed by atoms with Crippen molar-refractivity contribution < 1.29 is 9.63 Å². The number of carbonyl (C=O) groups excluding carboxylic acids is 1. The fourth-order valence-corrected chi connectivity index (χ4v) is 1.98. The lowest BCUT2D eigenvalue weighted by Gasteiger charge is -2.08. The molecule has 0 saturated carbocycles. The Labute approximate surface area is 116 Å². The molecule has 1 unspecified atom stereocenters. The number of nitrogens with one attached hydrogen (secondary N) is 1. The van der Waals surface area contributed by atoms with Crippen LogP contribution in [0.25, 0.3) is 0 Å². The molecule has 5 nitrogen and oxygen atoms in total. The van der Waals surface area contributed by atoms with Crippen LogP contribution in [0.3, 0.4) is 0 Å². The zero-order valence-corrected chi connectivity index (χ0v) is 10.7. The second kappa shape index (κ2) is 5.52. The van der Waals surface area contributed by atoms with E-state index in [9.17, 15) is 4.79 Å². The van der Waals surface area contributed by atoms with Gasteiger partial charge in [0.2, 0.25) is 6.10 Å². The van der Waals surface area contributed by atoms with Gasteiger partial charge in [-0.25, -0.2) is 0 Å². The predicted octanol–water partition coefficient (Wildman–Crippen LogP) is 2.21. The second-order valence-electron chi connectivity index (χ2n) is 4.43. The van der Waals surface area contributed by atoms with Crippen molar-refractivity contribution in [3.63, 3.8) is 0 Å². The van der Waals surface area contributed by atoms with Gasteiger partial charge in [-0.3, -0.25) is 9.78 Å². The summed E-state index contributed by atoms with van der Waals surface area (Å²) in [5.41, 5.74) is 2.41. The number of pyridine rings is 1. The van der Waals surface area contributed by atoms with E-state index in [1.165, 1.54) is 0 Å². The number of oxime groups is 1. The van der Waals surface area contributed by atoms with Crippen molar-refractivity contribution in [2.45, 2.75) is 12.5 Å². The van der Waals surface area contributed by atoms with Crippen LogP contribution in [0.4, 0.5) is 5.69 Å². The summed E-state index contributed by atoms with van der Waals surface area (Å²) in [6, 6.07) is 13.2. The van der Waals surface area contributed by atoms with Gasteiger partial charge in [0, 0.05) is 12.6 Å². The number of amides is 1. The molecule has 3 rings (SSSR count). The molecule has 1 aliphatic heterocycles. The second-order valence-corrected chi connectivity index (χ2v) is 4.43. The van der Waals surface area contributed by atoms with Crippen LogP contribution in [0.15, 0.2) is 60.0 Å². The van der Waals surface area contributed by atoms with Gasteiger partial charge in [-0.15, -0.1) is 0 Å². The highest BCUT2D eigenvalue weighted by Crippen LogP contribution is 2.18. The normalized spacial score (nSPS) is 17.2. The largest absolute Gasteiger partial charge is 0.382 e. The van der Waals surface area contributed by atoms with Crippen molar-refractivity contribution >= 4 is 17.3 Å². The maximum atomic E-state index is 12.1. The van der Waals surface area contributed by atoms with Crippen LogP contribution in [0, 0.1) is 0 Å². The topological polar surface area (TPSA) is 63.6 Å². The summed E-state index contributed by atoms with van der Waals surface area (Å²) in [5, 5.41) is 6.75. The van der Waals surface area contributed by atoms with E-state index >= 15 is 0 Å². The Morgan fingerprint density at radius 3 is 2.80 bits per heavy atom. The molecule has 1 atom stereocenters. The minimum Gasteiger partial charge on any atom is -0.382 e. The molecule has 1 aliphatic rings. The molecule has 20 heavy (non-hydrogen) atoms. The Balaban J connectivity index is 1.63. The van der Waals surface area contributed by atoms with Crippen LogP contribution in [0.2, 0.25) is 0 Å². The molecule has 1 aromatic carbocycles. The molecule has 0 fully saturated rings. The highest BCUT2D eigenvalue weighted by atomic mass is 16.6. The van der Waals surface area contributed by atoms with Gasteiger partial charge >= 0.3 is 0 Å². The van der Waals surface area contributed by atoms with Crippen LogP contribution in [0.1, 0.15) is 12.0 Å². The highest BCUT2D eigenvalue weighted by molar-refractivity contribution is 6.06. The number of hydrogen-bond donors (Lipinski definition) is 1. The van der Waals surface area contributed by atoms with Gasteiger partial charge in [0.1, 0.15) is 0 Å². The molecule has 100 valence electrons. The minimum absolute atomic E-state index is 0.215. The Morgan fingerprint density at radius 2 is 2.05 bits per heavy atom. The first-order valence-electron chi connectivity index (χ1n) is 6.32. The number of rotatable bonds is 3. The molecule has 1 aromatic heterocycles. The Morgan fingerprint density at radius 1 is 1.20 bits per heavy atom. The van der Waals surface area contributed by atoms with E-state index in [2.05, 4.69) is 15.5 Å². The molecule has 0 spiro atoms. The molecule has 1 amide bonds. The molecule has 0 aliphatic carbocycles. The third-order valence-electron chi connectivity index (χ3n) is 3.00. The van der Waals surface area contributed by atoms with E-state index in [4.69, 9.17) is 4.84 Å². The van der Waals surface area contributed by atoms with Crippen LogP contribution in [0.5, 0.6) is 0 Å². The van der Waals surface area contributed by atoms with Crippen molar-refractivity contribution in [3.8, 4) is 0 Å². The van der Waals surface area contributed by atoms with E-state index < -0.39 is 6.10 Å². The minimum atomic E-state index is -0.592. The Bertz CT molecular complexity index is 626. The van der Waals surface area contributed by atoms with E-state index in [0.29, 0.717) is 12.1 Å². The maximum Gasteiger partial charge on any atom is 0.268 e. The van der Waals surface area contributed by atoms with E-state index in [1.807, 2.05) is 30.3 Å². The summed E-state index contributed by atoms with van der Waals surface area (Å²) in [6.45, 7) is 0. The molecule has 1 N–H and O–H groups in total. The third kappa shape index (κ3) is 2.66. The molecule has 0 bridgehead atoms.